The summed E-state index contributed by atoms with van der Waals surface area (Å²) >= 11 is 0. The van der Waals surface area contributed by atoms with Crippen molar-refractivity contribution in [2.24, 2.45) is 11.8 Å². The van der Waals surface area contributed by atoms with E-state index in [1.807, 2.05) is 0 Å². The summed E-state index contributed by atoms with van der Waals surface area (Å²) in [4.78, 5) is 2.65. The summed E-state index contributed by atoms with van der Waals surface area (Å²) in [6.07, 6.45) is 2.93. The quantitative estimate of drug-likeness (QED) is 0.537. The molecular weight excluding hydrogens is 136 g/mol. The van der Waals surface area contributed by atoms with Gasteiger partial charge in [0.25, 0.3) is 0 Å². The van der Waals surface area contributed by atoms with Gasteiger partial charge in [-0.05, 0) is 37.8 Å². The molecule has 4 unspecified atom stereocenters. The van der Waals surface area contributed by atoms with Crippen LogP contribution in [0.15, 0.2) is 0 Å². The Morgan fingerprint density at radius 3 is 3.18 bits per heavy atom. The lowest BCUT2D eigenvalue weighted by molar-refractivity contribution is 0.153. The van der Waals surface area contributed by atoms with E-state index in [1.54, 1.807) is 0 Å². The molecule has 2 heteroatoms. The Kier molecular flexibility index (Phi) is 1.29. The summed E-state index contributed by atoms with van der Waals surface area (Å²) in [7, 11) is 0. The second-order valence-corrected chi connectivity index (χ2v) is 4.41. The van der Waals surface area contributed by atoms with Crippen LogP contribution in [0, 0.1) is 11.8 Å². The molecule has 0 amide bonds. The van der Waals surface area contributed by atoms with E-state index in [-0.39, 0.29) is 0 Å². The highest BCUT2D eigenvalue weighted by atomic mass is 15.2. The lowest BCUT2D eigenvalue weighted by Gasteiger charge is -2.35. The fourth-order valence-electron chi connectivity index (χ4n) is 3.08. The summed E-state index contributed by atoms with van der Waals surface area (Å²) < 4.78 is 0. The number of nitrogens with one attached hydrogen (secondary N) is 1. The van der Waals surface area contributed by atoms with Crippen molar-refractivity contribution in [1.82, 2.24) is 10.2 Å². The Morgan fingerprint density at radius 1 is 1.18 bits per heavy atom. The van der Waals surface area contributed by atoms with Gasteiger partial charge >= 0.3 is 0 Å². The molecular formula is C9H16N2. The van der Waals surface area contributed by atoms with Crippen LogP contribution in [0.3, 0.4) is 0 Å². The summed E-state index contributed by atoms with van der Waals surface area (Å²) in [5.41, 5.74) is 0. The molecule has 0 saturated carbocycles. The zero-order valence-corrected chi connectivity index (χ0v) is 6.92. The van der Waals surface area contributed by atoms with Crippen LogP contribution >= 0.6 is 0 Å². The van der Waals surface area contributed by atoms with Crippen molar-refractivity contribution in [2.45, 2.75) is 18.9 Å². The summed E-state index contributed by atoms with van der Waals surface area (Å²) in [6.45, 7) is 5.38. The van der Waals surface area contributed by atoms with Crippen LogP contribution in [0.5, 0.6) is 0 Å². The molecule has 0 spiro atoms. The fraction of sp³-hybridized carbons (Fsp3) is 1.00. The largest absolute Gasteiger partial charge is 0.312 e. The SMILES string of the molecule is C1CN2CC3CC1C(CN3)C2. The van der Waals surface area contributed by atoms with E-state index in [1.165, 1.54) is 39.0 Å². The van der Waals surface area contributed by atoms with Crippen LogP contribution in [-0.2, 0) is 0 Å². The molecule has 4 atom stereocenters. The Balaban J connectivity index is 1.92. The molecule has 0 aromatic heterocycles. The second-order valence-electron chi connectivity index (χ2n) is 4.41. The topological polar surface area (TPSA) is 15.3 Å². The maximum absolute atomic E-state index is 3.64. The standard InChI is InChI=1S/C9H16N2/c1-2-11-5-8-4-10-9(6-11)3-7(1)8/h7-10H,1-6H2. The first-order chi connectivity index (χ1) is 5.42. The van der Waals surface area contributed by atoms with E-state index in [4.69, 9.17) is 0 Å². The van der Waals surface area contributed by atoms with E-state index >= 15 is 0 Å². The van der Waals surface area contributed by atoms with Crippen LogP contribution in [-0.4, -0.2) is 37.1 Å². The van der Waals surface area contributed by atoms with Crippen molar-refractivity contribution in [2.75, 3.05) is 26.2 Å². The van der Waals surface area contributed by atoms with Crippen LogP contribution < -0.4 is 5.32 Å². The second kappa shape index (κ2) is 2.20. The molecule has 4 bridgehead atoms. The van der Waals surface area contributed by atoms with E-state index in [0.29, 0.717) is 0 Å². The van der Waals surface area contributed by atoms with Gasteiger partial charge in [0.1, 0.15) is 0 Å². The van der Waals surface area contributed by atoms with Crippen molar-refractivity contribution in [3.8, 4) is 0 Å². The average molecular weight is 152 g/mol. The lowest BCUT2D eigenvalue weighted by atomic mass is 9.81. The lowest BCUT2D eigenvalue weighted by Crippen LogP contribution is -2.43. The van der Waals surface area contributed by atoms with Gasteiger partial charge in [-0.25, -0.2) is 0 Å². The molecule has 1 N–H and O–H groups in total. The number of hydrogen-bond acceptors (Lipinski definition) is 2. The smallest absolute Gasteiger partial charge is 0.0197 e. The zero-order valence-electron chi connectivity index (χ0n) is 6.92. The monoisotopic (exact) mass is 152 g/mol. The third-order valence-electron chi connectivity index (χ3n) is 3.71. The normalized spacial score (nSPS) is 54.5. The Morgan fingerprint density at radius 2 is 2.18 bits per heavy atom. The van der Waals surface area contributed by atoms with Gasteiger partial charge in [-0.3, -0.25) is 0 Å². The van der Waals surface area contributed by atoms with E-state index in [9.17, 15) is 0 Å². The van der Waals surface area contributed by atoms with Crippen LogP contribution in [0.2, 0.25) is 0 Å². The van der Waals surface area contributed by atoms with Gasteiger partial charge < -0.3 is 10.2 Å². The number of rotatable bonds is 0. The van der Waals surface area contributed by atoms with Gasteiger partial charge in [-0.2, -0.15) is 0 Å². The minimum absolute atomic E-state index is 0.834. The van der Waals surface area contributed by atoms with Crippen molar-refractivity contribution < 1.29 is 0 Å². The van der Waals surface area contributed by atoms with Crippen LogP contribution in [0.4, 0.5) is 0 Å². The predicted molar refractivity (Wildman–Crippen MR) is 44.4 cm³/mol. The van der Waals surface area contributed by atoms with Gasteiger partial charge in [0.05, 0.1) is 0 Å². The Hall–Kier alpha value is -0.0800. The van der Waals surface area contributed by atoms with Gasteiger partial charge in [0.2, 0.25) is 0 Å². The fourth-order valence-corrected chi connectivity index (χ4v) is 3.08. The third kappa shape index (κ3) is 0.926. The zero-order chi connectivity index (χ0) is 7.26. The summed E-state index contributed by atoms with van der Waals surface area (Å²) in [6, 6.07) is 0.834. The maximum atomic E-state index is 3.64. The molecule has 5 heterocycles. The molecule has 5 rings (SSSR count). The molecule has 5 fully saturated rings. The van der Waals surface area contributed by atoms with Gasteiger partial charge in [-0.15, -0.1) is 0 Å². The number of hydrogen-bond donors (Lipinski definition) is 1. The van der Waals surface area contributed by atoms with Crippen LogP contribution in [0.1, 0.15) is 12.8 Å². The van der Waals surface area contributed by atoms with Crippen molar-refractivity contribution in [3.63, 3.8) is 0 Å². The first-order valence-electron chi connectivity index (χ1n) is 4.87. The molecule has 0 aliphatic carbocycles. The Labute approximate surface area is 68.0 Å². The molecule has 0 aromatic carbocycles. The molecule has 5 saturated heterocycles. The summed E-state index contributed by atoms with van der Waals surface area (Å²) in [5.74, 6) is 2.06. The minimum atomic E-state index is 0.834. The third-order valence-corrected chi connectivity index (χ3v) is 3.71. The average Bonchev–Trinajstić information content (AvgIpc) is 2.37. The number of fused-ring (bicyclic) bond motifs is 2. The predicted octanol–water partition coefficient (Wildman–Crippen LogP) is 0.300. The molecule has 2 nitrogen and oxygen atoms in total. The first-order valence-corrected chi connectivity index (χ1v) is 4.87. The van der Waals surface area contributed by atoms with Crippen molar-refractivity contribution >= 4 is 0 Å². The molecule has 5 aliphatic rings. The first kappa shape index (κ1) is 6.44. The molecule has 11 heavy (non-hydrogen) atoms. The highest BCUT2D eigenvalue weighted by Gasteiger charge is 2.39. The van der Waals surface area contributed by atoms with E-state index in [2.05, 4.69) is 10.2 Å². The molecule has 62 valence electrons. The Bertz CT molecular complexity index is 147. The van der Waals surface area contributed by atoms with Crippen molar-refractivity contribution in [3.05, 3.63) is 0 Å². The number of piperidine rings is 2. The maximum Gasteiger partial charge on any atom is 0.0197 e. The van der Waals surface area contributed by atoms with Crippen molar-refractivity contribution in [1.29, 1.82) is 0 Å². The number of nitrogens with zero attached hydrogens (tertiary/aromatic N) is 1. The minimum Gasteiger partial charge on any atom is -0.312 e. The molecule has 5 aliphatic heterocycles. The van der Waals surface area contributed by atoms with E-state index < -0.39 is 0 Å². The highest BCUT2D eigenvalue weighted by molar-refractivity contribution is 4.95. The van der Waals surface area contributed by atoms with Gasteiger partial charge in [-0.1, -0.05) is 0 Å². The summed E-state index contributed by atoms with van der Waals surface area (Å²) in [5, 5.41) is 3.64. The van der Waals surface area contributed by atoms with Gasteiger partial charge in [0, 0.05) is 19.1 Å². The van der Waals surface area contributed by atoms with Crippen LogP contribution in [0.25, 0.3) is 0 Å². The van der Waals surface area contributed by atoms with Gasteiger partial charge in [0.15, 0.2) is 0 Å². The van der Waals surface area contributed by atoms with E-state index in [0.717, 1.165) is 17.9 Å². The molecule has 0 aromatic rings. The molecule has 0 radical (unpaired) electrons. The highest BCUT2D eigenvalue weighted by Crippen LogP contribution is 2.34.